The third-order valence-corrected chi connectivity index (χ3v) is 4.94. The molecule has 1 aromatic carbocycles. The van der Waals surface area contributed by atoms with Crippen LogP contribution in [0.4, 0.5) is 0 Å². The number of ether oxygens (including phenoxy) is 1. The number of nitrogens with two attached hydrogens (primary N) is 1. The Kier molecular flexibility index (Phi) is 9.62. The van der Waals surface area contributed by atoms with E-state index in [4.69, 9.17) is 15.5 Å². The minimum Gasteiger partial charge on any atom is -0.492 e. The third-order valence-electron chi connectivity index (χ3n) is 4.94. The largest absolute Gasteiger partial charge is 0.492 e. The molecule has 0 radical (unpaired) electrons. The summed E-state index contributed by atoms with van der Waals surface area (Å²) in [5.74, 6) is 1.61. The first kappa shape index (κ1) is 22.0. The first-order valence-electron chi connectivity index (χ1n) is 10.3. The number of nitrogens with zero attached hydrogens (tertiary/aromatic N) is 3. The zero-order valence-corrected chi connectivity index (χ0v) is 17.3. The number of likely N-dealkylation sites (N-methyl/N-ethyl adjacent to an activating group) is 1. The number of carbonyl (C=O) groups is 1. The molecule has 1 aliphatic heterocycles. The van der Waals surface area contributed by atoms with E-state index in [1.807, 2.05) is 37.4 Å². The number of hydrogen-bond acceptors (Lipinski definition) is 4. The van der Waals surface area contributed by atoms with E-state index in [2.05, 4.69) is 22.0 Å². The number of primary amides is 1. The number of para-hydroxylation sites is 1. The van der Waals surface area contributed by atoms with Crippen LogP contribution in [0.3, 0.4) is 0 Å². The number of hydrogen-bond donors (Lipinski definition) is 2. The lowest BCUT2D eigenvalue weighted by Gasteiger charge is -2.30. The van der Waals surface area contributed by atoms with Crippen molar-refractivity contribution in [1.29, 1.82) is 0 Å². The molecule has 28 heavy (non-hydrogen) atoms. The van der Waals surface area contributed by atoms with Gasteiger partial charge in [0, 0.05) is 26.7 Å². The van der Waals surface area contributed by atoms with Crippen LogP contribution >= 0.6 is 0 Å². The van der Waals surface area contributed by atoms with Gasteiger partial charge in [-0.15, -0.1) is 0 Å². The summed E-state index contributed by atoms with van der Waals surface area (Å²) in [6.45, 7) is 7.80. The highest BCUT2D eigenvalue weighted by Crippen LogP contribution is 2.16. The molecule has 2 rings (SSSR count). The fourth-order valence-corrected chi connectivity index (χ4v) is 3.36. The number of likely N-dealkylation sites (tertiary alicyclic amines) is 1. The minimum absolute atomic E-state index is 0.00492. The first-order valence-corrected chi connectivity index (χ1v) is 10.3. The second-order valence-electron chi connectivity index (χ2n) is 7.21. The van der Waals surface area contributed by atoms with Crippen LogP contribution < -0.4 is 15.8 Å². The molecule has 1 heterocycles. The molecule has 0 aromatic heterocycles. The Morgan fingerprint density at radius 3 is 2.89 bits per heavy atom. The third kappa shape index (κ3) is 7.76. The average molecular weight is 390 g/mol. The molecule has 3 N–H and O–H groups in total. The molecule has 7 heteroatoms. The second kappa shape index (κ2) is 12.2. The Labute approximate surface area is 168 Å². The fourth-order valence-electron chi connectivity index (χ4n) is 3.36. The molecule has 156 valence electrons. The van der Waals surface area contributed by atoms with E-state index in [0.717, 1.165) is 70.2 Å². The number of guanidine groups is 1. The van der Waals surface area contributed by atoms with Crippen LogP contribution in [0, 0.1) is 5.92 Å². The number of piperidine rings is 1. The number of carbonyl (C=O) groups excluding carboxylic acids is 1. The van der Waals surface area contributed by atoms with Crippen LogP contribution in [0.15, 0.2) is 35.3 Å². The van der Waals surface area contributed by atoms with E-state index in [1.165, 1.54) is 0 Å². The molecule has 1 saturated heterocycles. The van der Waals surface area contributed by atoms with Crippen LogP contribution in [0.25, 0.3) is 0 Å². The van der Waals surface area contributed by atoms with E-state index in [9.17, 15) is 4.79 Å². The summed E-state index contributed by atoms with van der Waals surface area (Å²) in [4.78, 5) is 20.6. The molecule has 1 aromatic rings. The van der Waals surface area contributed by atoms with Crippen molar-refractivity contribution < 1.29 is 9.53 Å². The van der Waals surface area contributed by atoms with E-state index in [0.29, 0.717) is 6.61 Å². The van der Waals surface area contributed by atoms with Crippen molar-refractivity contribution in [1.82, 2.24) is 15.1 Å². The van der Waals surface area contributed by atoms with Gasteiger partial charge in [-0.1, -0.05) is 18.2 Å². The SMILES string of the molecule is CCNC(=NCCCN1CCCC(C(N)=O)C1)N(C)CCOc1ccccc1. The summed E-state index contributed by atoms with van der Waals surface area (Å²) in [6, 6.07) is 9.84. The second-order valence-corrected chi connectivity index (χ2v) is 7.21. The van der Waals surface area contributed by atoms with Crippen LogP contribution in [0.2, 0.25) is 0 Å². The highest BCUT2D eigenvalue weighted by atomic mass is 16.5. The summed E-state index contributed by atoms with van der Waals surface area (Å²) >= 11 is 0. The van der Waals surface area contributed by atoms with Gasteiger partial charge in [-0.05, 0) is 51.4 Å². The van der Waals surface area contributed by atoms with Gasteiger partial charge in [0.1, 0.15) is 12.4 Å². The Hall–Kier alpha value is -2.28. The van der Waals surface area contributed by atoms with Gasteiger partial charge in [0.25, 0.3) is 0 Å². The summed E-state index contributed by atoms with van der Waals surface area (Å²) in [5, 5.41) is 3.34. The number of nitrogens with one attached hydrogen (secondary N) is 1. The summed E-state index contributed by atoms with van der Waals surface area (Å²) < 4.78 is 5.77. The standard InChI is InChI=1S/C21H35N5O2/c1-3-23-21(25(2)15-16-28-19-10-5-4-6-11-19)24-12-8-14-26-13-7-9-18(17-26)20(22)27/h4-6,10-11,18H,3,7-9,12-17H2,1-2H3,(H2,22,27)(H,23,24). The maximum absolute atomic E-state index is 11.4. The molecule has 1 amide bonds. The van der Waals surface area contributed by atoms with Crippen molar-refractivity contribution >= 4 is 11.9 Å². The highest BCUT2D eigenvalue weighted by Gasteiger charge is 2.23. The highest BCUT2D eigenvalue weighted by molar-refractivity contribution is 5.79. The quantitative estimate of drug-likeness (QED) is 0.360. The van der Waals surface area contributed by atoms with Gasteiger partial charge < -0.3 is 25.6 Å². The number of aliphatic imine (C=N–C) groups is 1. The Bertz CT molecular complexity index is 608. The van der Waals surface area contributed by atoms with Gasteiger partial charge >= 0.3 is 0 Å². The molecule has 0 saturated carbocycles. The Balaban J connectivity index is 1.72. The van der Waals surface area contributed by atoms with E-state index < -0.39 is 0 Å². The lowest BCUT2D eigenvalue weighted by molar-refractivity contribution is -0.123. The number of rotatable bonds is 10. The summed E-state index contributed by atoms with van der Waals surface area (Å²) in [7, 11) is 2.03. The fraction of sp³-hybridized carbons (Fsp3) is 0.619. The van der Waals surface area contributed by atoms with E-state index in [1.54, 1.807) is 0 Å². The molecule has 0 spiro atoms. The van der Waals surface area contributed by atoms with Crippen molar-refractivity contribution in [3.05, 3.63) is 30.3 Å². The van der Waals surface area contributed by atoms with Crippen molar-refractivity contribution in [3.8, 4) is 5.75 Å². The Morgan fingerprint density at radius 2 is 2.18 bits per heavy atom. The molecule has 1 unspecified atom stereocenters. The molecule has 0 bridgehead atoms. The maximum atomic E-state index is 11.4. The van der Waals surface area contributed by atoms with Crippen LogP contribution in [-0.2, 0) is 4.79 Å². The van der Waals surface area contributed by atoms with Gasteiger partial charge in [0.2, 0.25) is 5.91 Å². The summed E-state index contributed by atoms with van der Waals surface area (Å²) in [5.41, 5.74) is 5.46. The molecule has 0 aliphatic carbocycles. The van der Waals surface area contributed by atoms with Crippen molar-refractivity contribution in [3.63, 3.8) is 0 Å². The maximum Gasteiger partial charge on any atom is 0.221 e. The van der Waals surface area contributed by atoms with Crippen LogP contribution in [0.5, 0.6) is 5.75 Å². The average Bonchev–Trinajstić information content (AvgIpc) is 2.71. The predicted molar refractivity (Wildman–Crippen MR) is 114 cm³/mol. The first-order chi connectivity index (χ1) is 13.6. The van der Waals surface area contributed by atoms with Gasteiger partial charge in [0.15, 0.2) is 5.96 Å². The van der Waals surface area contributed by atoms with E-state index >= 15 is 0 Å². The molecule has 1 atom stereocenters. The van der Waals surface area contributed by atoms with E-state index in [-0.39, 0.29) is 11.8 Å². The molecule has 1 fully saturated rings. The number of amides is 1. The monoisotopic (exact) mass is 389 g/mol. The zero-order valence-electron chi connectivity index (χ0n) is 17.3. The molecular formula is C21H35N5O2. The number of benzene rings is 1. The molecular weight excluding hydrogens is 354 g/mol. The van der Waals surface area contributed by atoms with Crippen LogP contribution in [-0.4, -0.2) is 74.6 Å². The molecule has 1 aliphatic rings. The van der Waals surface area contributed by atoms with Gasteiger partial charge in [0.05, 0.1) is 12.5 Å². The van der Waals surface area contributed by atoms with Crippen molar-refractivity contribution in [2.24, 2.45) is 16.6 Å². The Morgan fingerprint density at radius 1 is 1.39 bits per heavy atom. The van der Waals surface area contributed by atoms with Gasteiger partial charge in [-0.25, -0.2) is 0 Å². The smallest absolute Gasteiger partial charge is 0.221 e. The van der Waals surface area contributed by atoms with Crippen LogP contribution in [0.1, 0.15) is 26.2 Å². The van der Waals surface area contributed by atoms with Crippen molar-refractivity contribution in [2.45, 2.75) is 26.2 Å². The minimum atomic E-state index is -0.170. The normalized spacial score (nSPS) is 17.9. The lowest BCUT2D eigenvalue weighted by atomic mass is 9.97. The van der Waals surface area contributed by atoms with Crippen molar-refractivity contribution in [2.75, 3.05) is 52.9 Å². The van der Waals surface area contributed by atoms with Gasteiger partial charge in [-0.3, -0.25) is 9.79 Å². The predicted octanol–water partition coefficient (Wildman–Crippen LogP) is 1.55. The zero-order chi connectivity index (χ0) is 20.2. The molecule has 7 nitrogen and oxygen atoms in total. The topological polar surface area (TPSA) is 83.2 Å². The summed E-state index contributed by atoms with van der Waals surface area (Å²) in [6.07, 6.45) is 2.93. The van der Waals surface area contributed by atoms with Gasteiger partial charge in [-0.2, -0.15) is 0 Å². The lowest BCUT2D eigenvalue weighted by Crippen LogP contribution is -2.42.